The Morgan fingerprint density at radius 3 is 0.761 bits per heavy atom. The normalized spacial score (nSPS) is 11.1. The molecule has 0 aromatic carbocycles. The third kappa shape index (κ3) is 22.2. The summed E-state index contributed by atoms with van der Waals surface area (Å²) in [4.78, 5) is 79.3. The zero-order valence-corrected chi connectivity index (χ0v) is 28.5. The maximum atomic E-state index is 12.0. The number of rotatable bonds is 27. The molecular weight excluding hydrogens is 606 g/mol. The Hall–Kier alpha value is -3.34. The highest BCUT2D eigenvalue weighted by atomic mass is 16.5. The fourth-order valence-electron chi connectivity index (χ4n) is 4.33. The lowest BCUT2D eigenvalue weighted by Crippen LogP contribution is -2.44. The molecule has 0 saturated carbocycles. The highest BCUT2D eigenvalue weighted by Crippen LogP contribution is 2.04. The predicted molar refractivity (Wildman–Crippen MR) is 168 cm³/mol. The van der Waals surface area contributed by atoms with Gasteiger partial charge in [0.2, 0.25) is 5.91 Å². The number of hydrogen-bond acceptors (Lipinski definition) is 15. The van der Waals surface area contributed by atoms with Gasteiger partial charge in [0.05, 0.1) is 67.7 Å². The summed E-state index contributed by atoms with van der Waals surface area (Å²) >= 11 is 0. The number of carbonyl (C=O) groups is 6. The molecule has 0 fully saturated rings. The number of nitrogens with zero attached hydrogens (tertiary/aromatic N) is 4. The molecule has 0 rings (SSSR count). The van der Waals surface area contributed by atoms with Crippen molar-refractivity contribution in [1.29, 1.82) is 0 Å². The first-order valence-corrected chi connectivity index (χ1v) is 15.5. The zero-order chi connectivity index (χ0) is 34.7. The maximum absolute atomic E-state index is 12.0. The van der Waals surface area contributed by atoms with E-state index >= 15 is 0 Å². The van der Waals surface area contributed by atoms with E-state index in [0.717, 1.165) is 0 Å². The minimum Gasteiger partial charge on any atom is -0.469 e. The fourth-order valence-corrected chi connectivity index (χ4v) is 4.33. The van der Waals surface area contributed by atoms with Crippen molar-refractivity contribution in [3.63, 3.8) is 0 Å². The highest BCUT2D eigenvalue weighted by Gasteiger charge is 2.18. The number of methoxy groups -OCH3 is 5. The molecule has 0 bridgehead atoms. The molecule has 0 radical (unpaired) electrons. The van der Waals surface area contributed by atoms with Crippen molar-refractivity contribution in [2.24, 2.45) is 0 Å². The molecule has 266 valence electrons. The van der Waals surface area contributed by atoms with Crippen molar-refractivity contribution in [2.45, 2.75) is 38.5 Å². The lowest BCUT2D eigenvalue weighted by atomic mass is 10.2. The zero-order valence-electron chi connectivity index (χ0n) is 28.5. The number of esters is 5. The van der Waals surface area contributed by atoms with Crippen molar-refractivity contribution in [2.75, 3.05) is 121 Å². The Morgan fingerprint density at radius 1 is 0.370 bits per heavy atom. The monoisotopic (exact) mass is 661 g/mol. The van der Waals surface area contributed by atoms with E-state index in [1.165, 1.54) is 35.5 Å². The van der Waals surface area contributed by atoms with Crippen molar-refractivity contribution in [1.82, 2.24) is 24.9 Å². The summed E-state index contributed by atoms with van der Waals surface area (Å²) in [5.41, 5.74) is 0. The Labute approximate surface area is 272 Å². The quantitative estimate of drug-likeness (QED) is 0.0851. The van der Waals surface area contributed by atoms with Crippen LogP contribution in [0.4, 0.5) is 0 Å². The van der Waals surface area contributed by atoms with Gasteiger partial charge in [-0.15, -0.1) is 0 Å². The molecule has 0 aromatic heterocycles. The smallest absolute Gasteiger partial charge is 0.306 e. The fraction of sp³-hybridized carbons (Fsp3) is 0.800. The van der Waals surface area contributed by atoms with Gasteiger partial charge in [0.25, 0.3) is 0 Å². The van der Waals surface area contributed by atoms with E-state index in [-0.39, 0.29) is 74.3 Å². The number of carbonyl (C=O) groups excluding carboxylic acids is 6. The lowest BCUT2D eigenvalue weighted by Gasteiger charge is -2.31. The van der Waals surface area contributed by atoms with Crippen LogP contribution in [0.2, 0.25) is 0 Å². The molecule has 1 amide bonds. The van der Waals surface area contributed by atoms with Crippen molar-refractivity contribution >= 4 is 35.8 Å². The largest absolute Gasteiger partial charge is 0.469 e. The number of hydrogen-bond donors (Lipinski definition) is 1. The standard InChI is InChI=1S/C30H55N5O11/c1-31-25(36)7-13-32(14-8-26(37)42-2)19-21-34(17-11-29(40)45-5)23-24-35(18-12-30(41)46-6)22-20-33(15-9-27(38)43-3)16-10-28(39)44-4/h7-24H2,1-6H3,(H,31,36). The molecular formula is C30H55N5O11. The molecule has 0 atom stereocenters. The second-order valence-electron chi connectivity index (χ2n) is 10.4. The van der Waals surface area contributed by atoms with E-state index in [9.17, 15) is 28.8 Å². The summed E-state index contributed by atoms with van der Waals surface area (Å²) in [6.07, 6.45) is 1.11. The third-order valence-electron chi connectivity index (χ3n) is 7.43. The molecule has 46 heavy (non-hydrogen) atoms. The maximum Gasteiger partial charge on any atom is 0.306 e. The SMILES string of the molecule is CNC(=O)CCN(CCC(=O)OC)CCN(CCC(=O)OC)CCN(CCC(=O)OC)CCN(CCC(=O)OC)CCC(=O)OC. The third-order valence-corrected chi connectivity index (χ3v) is 7.43. The van der Waals surface area contributed by atoms with Gasteiger partial charge in [0.1, 0.15) is 0 Å². The summed E-state index contributed by atoms with van der Waals surface area (Å²) in [7, 11) is 8.21. The Balaban J connectivity index is 5.63. The van der Waals surface area contributed by atoms with Gasteiger partial charge in [0.15, 0.2) is 0 Å². The van der Waals surface area contributed by atoms with E-state index in [1.54, 1.807) is 7.05 Å². The molecule has 0 heterocycles. The second kappa shape index (κ2) is 26.8. The average molecular weight is 662 g/mol. The first-order chi connectivity index (χ1) is 22.0. The van der Waals surface area contributed by atoms with E-state index in [1.807, 2.05) is 9.80 Å². The molecule has 0 unspecified atom stereocenters. The van der Waals surface area contributed by atoms with Gasteiger partial charge < -0.3 is 48.6 Å². The van der Waals surface area contributed by atoms with Crippen LogP contribution < -0.4 is 5.32 Å². The molecule has 16 nitrogen and oxygen atoms in total. The van der Waals surface area contributed by atoms with Crippen LogP contribution in [0.1, 0.15) is 38.5 Å². The van der Waals surface area contributed by atoms with Crippen LogP contribution in [0, 0.1) is 0 Å². The molecule has 0 aliphatic carbocycles. The summed E-state index contributed by atoms with van der Waals surface area (Å²) in [6.45, 7) is 5.66. The van der Waals surface area contributed by atoms with Crippen LogP contribution in [0.25, 0.3) is 0 Å². The van der Waals surface area contributed by atoms with E-state index in [2.05, 4.69) is 15.1 Å². The topological polar surface area (TPSA) is 174 Å². The van der Waals surface area contributed by atoms with Crippen LogP contribution in [-0.2, 0) is 52.5 Å². The van der Waals surface area contributed by atoms with Gasteiger partial charge in [0, 0.05) is 92.0 Å². The van der Waals surface area contributed by atoms with E-state index in [4.69, 9.17) is 23.7 Å². The minimum atomic E-state index is -0.359. The molecule has 16 heteroatoms. The van der Waals surface area contributed by atoms with Gasteiger partial charge in [-0.2, -0.15) is 0 Å². The summed E-state index contributed by atoms with van der Waals surface area (Å²) in [5.74, 6) is -1.87. The van der Waals surface area contributed by atoms with Crippen LogP contribution in [0.3, 0.4) is 0 Å². The summed E-state index contributed by atoms with van der Waals surface area (Å²) in [5, 5.41) is 2.60. The van der Waals surface area contributed by atoms with Crippen molar-refractivity contribution in [3.8, 4) is 0 Å². The van der Waals surface area contributed by atoms with Gasteiger partial charge in [-0.1, -0.05) is 0 Å². The van der Waals surface area contributed by atoms with Crippen LogP contribution in [0.5, 0.6) is 0 Å². The van der Waals surface area contributed by atoms with Gasteiger partial charge in [-0.05, 0) is 0 Å². The van der Waals surface area contributed by atoms with Crippen molar-refractivity contribution < 1.29 is 52.5 Å². The first kappa shape index (κ1) is 42.7. The van der Waals surface area contributed by atoms with Gasteiger partial charge >= 0.3 is 29.8 Å². The van der Waals surface area contributed by atoms with Crippen molar-refractivity contribution in [3.05, 3.63) is 0 Å². The first-order valence-electron chi connectivity index (χ1n) is 15.5. The average Bonchev–Trinajstić information content (AvgIpc) is 3.08. The summed E-state index contributed by atoms with van der Waals surface area (Å²) in [6, 6.07) is 0. The van der Waals surface area contributed by atoms with Crippen LogP contribution in [-0.4, -0.2) is 176 Å². The predicted octanol–water partition coefficient (Wildman–Crippen LogP) is -0.854. The summed E-state index contributed by atoms with van der Waals surface area (Å²) < 4.78 is 24.0. The number of ether oxygens (including phenoxy) is 5. The second-order valence-corrected chi connectivity index (χ2v) is 10.4. The molecule has 0 aliphatic heterocycles. The Kier molecular flexibility index (Phi) is 24.9. The van der Waals surface area contributed by atoms with Gasteiger partial charge in [-0.25, -0.2) is 0 Å². The molecule has 1 N–H and O–H groups in total. The molecule has 0 aromatic rings. The van der Waals surface area contributed by atoms with Gasteiger partial charge in [-0.3, -0.25) is 28.8 Å². The molecule has 0 spiro atoms. The Bertz CT molecular complexity index is 810. The molecule has 0 aliphatic rings. The highest BCUT2D eigenvalue weighted by molar-refractivity contribution is 5.75. The lowest BCUT2D eigenvalue weighted by molar-refractivity contribution is -0.142. The number of nitrogens with one attached hydrogen (secondary N) is 1. The van der Waals surface area contributed by atoms with Crippen LogP contribution in [0.15, 0.2) is 0 Å². The van der Waals surface area contributed by atoms with Crippen LogP contribution >= 0.6 is 0 Å². The van der Waals surface area contributed by atoms with E-state index in [0.29, 0.717) is 78.5 Å². The molecule has 0 saturated heterocycles. The Morgan fingerprint density at radius 2 is 0.565 bits per heavy atom. The number of amides is 1. The van der Waals surface area contributed by atoms with E-state index < -0.39 is 0 Å². The minimum absolute atomic E-state index is 0.112.